The minimum absolute atomic E-state index is 0.0202. The Morgan fingerprint density at radius 3 is 2.77 bits per heavy atom. The molecule has 0 aliphatic carbocycles. The smallest absolute Gasteiger partial charge is 0.261 e. The van der Waals surface area contributed by atoms with E-state index in [0.29, 0.717) is 29.3 Å². The molecule has 1 fully saturated rings. The summed E-state index contributed by atoms with van der Waals surface area (Å²) in [4.78, 5) is 29.8. The average Bonchev–Trinajstić information content (AvgIpc) is 3.20. The highest BCUT2D eigenvalue weighted by Gasteiger charge is 2.31. The number of hydrogen-bond acceptors (Lipinski definition) is 7. The van der Waals surface area contributed by atoms with E-state index in [9.17, 15) is 23.1 Å². The zero-order valence-corrected chi connectivity index (χ0v) is 17.3. The van der Waals surface area contributed by atoms with Crippen molar-refractivity contribution >= 4 is 32.5 Å². The van der Waals surface area contributed by atoms with Gasteiger partial charge in [-0.3, -0.25) is 14.2 Å². The van der Waals surface area contributed by atoms with Crippen molar-refractivity contribution in [1.82, 2.24) is 19.3 Å². The summed E-state index contributed by atoms with van der Waals surface area (Å²) in [6.07, 6.45) is 0.434. The molecule has 158 valence electrons. The zero-order valence-electron chi connectivity index (χ0n) is 16.5. The van der Waals surface area contributed by atoms with Gasteiger partial charge in [0.1, 0.15) is 23.9 Å². The number of aryl methyl sites for hydroxylation is 2. The van der Waals surface area contributed by atoms with Crippen molar-refractivity contribution in [2.75, 3.05) is 16.8 Å². The van der Waals surface area contributed by atoms with Crippen LogP contribution in [-0.4, -0.2) is 50.3 Å². The van der Waals surface area contributed by atoms with Crippen LogP contribution in [-0.2, 0) is 21.2 Å². The first-order chi connectivity index (χ1) is 14.1. The molecular weight excluding hydrogens is 410 g/mol. The summed E-state index contributed by atoms with van der Waals surface area (Å²) in [7, 11) is -3.11. The number of anilines is 1. The standard InChI is InChI=1S/C19H21N5O5S/c1-11-7-17(24(22-11)13-5-6-30(28,29)10-13)21-18(26)9-23-12(2)20-16-4-3-14(25)8-15(16)19(23)27/h3-4,7-8,13,25H,5-6,9-10H2,1-2H3,(H,21,26)/t13-/m1/s1. The fourth-order valence-electron chi connectivity index (χ4n) is 3.69. The monoisotopic (exact) mass is 431 g/mol. The number of aromatic hydroxyl groups is 1. The number of carbonyl (C=O) groups is 1. The molecule has 4 rings (SSSR count). The van der Waals surface area contributed by atoms with Crippen LogP contribution >= 0.6 is 0 Å². The van der Waals surface area contributed by atoms with Crippen molar-refractivity contribution in [3.05, 3.63) is 46.1 Å². The molecule has 10 nitrogen and oxygen atoms in total. The Balaban J connectivity index is 1.60. The molecule has 0 radical (unpaired) electrons. The van der Waals surface area contributed by atoms with Crippen LogP contribution in [0.4, 0.5) is 5.82 Å². The quantitative estimate of drug-likeness (QED) is 0.627. The molecule has 2 aromatic heterocycles. The van der Waals surface area contributed by atoms with Gasteiger partial charge in [0.25, 0.3) is 5.56 Å². The Kier molecular flexibility index (Phi) is 4.85. The number of sulfone groups is 1. The normalized spacial score (nSPS) is 18.0. The van der Waals surface area contributed by atoms with Crippen molar-refractivity contribution in [2.24, 2.45) is 0 Å². The number of aromatic nitrogens is 4. The number of nitrogens with zero attached hydrogens (tertiary/aromatic N) is 4. The molecule has 1 saturated heterocycles. The van der Waals surface area contributed by atoms with Crippen molar-refractivity contribution < 1.29 is 18.3 Å². The van der Waals surface area contributed by atoms with Crippen molar-refractivity contribution in [1.29, 1.82) is 0 Å². The van der Waals surface area contributed by atoms with E-state index < -0.39 is 21.3 Å². The number of rotatable bonds is 4. The first-order valence-electron chi connectivity index (χ1n) is 9.39. The van der Waals surface area contributed by atoms with E-state index in [4.69, 9.17) is 0 Å². The molecule has 11 heteroatoms. The van der Waals surface area contributed by atoms with Gasteiger partial charge in [-0.05, 0) is 38.5 Å². The maximum absolute atomic E-state index is 12.8. The molecule has 0 bridgehead atoms. The molecule has 1 aromatic carbocycles. The van der Waals surface area contributed by atoms with Gasteiger partial charge < -0.3 is 10.4 Å². The summed E-state index contributed by atoms with van der Waals surface area (Å²) in [5.74, 6) is 0.286. The van der Waals surface area contributed by atoms with Crippen LogP contribution < -0.4 is 10.9 Å². The van der Waals surface area contributed by atoms with Gasteiger partial charge in [-0.25, -0.2) is 18.1 Å². The van der Waals surface area contributed by atoms with E-state index >= 15 is 0 Å². The van der Waals surface area contributed by atoms with Crippen molar-refractivity contribution in [3.63, 3.8) is 0 Å². The van der Waals surface area contributed by atoms with E-state index in [1.807, 2.05) is 0 Å². The summed E-state index contributed by atoms with van der Waals surface area (Å²) in [5.41, 5.74) is 0.643. The van der Waals surface area contributed by atoms with Gasteiger partial charge in [-0.2, -0.15) is 5.10 Å². The molecule has 0 saturated carbocycles. The predicted octanol–water partition coefficient (Wildman–Crippen LogP) is 0.914. The number of nitrogens with one attached hydrogen (secondary N) is 1. The summed E-state index contributed by atoms with van der Waals surface area (Å²) >= 11 is 0. The highest BCUT2D eigenvalue weighted by atomic mass is 32.2. The second-order valence-corrected chi connectivity index (χ2v) is 9.70. The van der Waals surface area contributed by atoms with Gasteiger partial charge >= 0.3 is 0 Å². The Morgan fingerprint density at radius 1 is 1.30 bits per heavy atom. The summed E-state index contributed by atoms with van der Waals surface area (Å²) in [6.45, 7) is 3.10. The Hall–Kier alpha value is -3.21. The van der Waals surface area contributed by atoms with Gasteiger partial charge in [0.2, 0.25) is 5.91 Å². The molecule has 0 unspecified atom stereocenters. The third-order valence-electron chi connectivity index (χ3n) is 5.11. The summed E-state index contributed by atoms with van der Waals surface area (Å²) in [6, 6.07) is 5.62. The van der Waals surface area contributed by atoms with Gasteiger partial charge in [0.05, 0.1) is 34.1 Å². The maximum Gasteiger partial charge on any atom is 0.261 e. The van der Waals surface area contributed by atoms with Crippen LogP contribution in [0.2, 0.25) is 0 Å². The largest absolute Gasteiger partial charge is 0.508 e. The lowest BCUT2D eigenvalue weighted by molar-refractivity contribution is -0.116. The fraction of sp³-hybridized carbons (Fsp3) is 0.368. The first-order valence-corrected chi connectivity index (χ1v) is 11.2. The molecule has 1 aliphatic heterocycles. The van der Waals surface area contributed by atoms with Gasteiger partial charge in [-0.1, -0.05) is 0 Å². The van der Waals surface area contributed by atoms with Crippen LogP contribution in [0.25, 0.3) is 10.9 Å². The number of carbonyl (C=O) groups excluding carboxylic acids is 1. The Bertz CT molecular complexity index is 1330. The fourth-order valence-corrected chi connectivity index (χ4v) is 5.38. The van der Waals surface area contributed by atoms with Crippen molar-refractivity contribution in [3.8, 4) is 5.75 Å². The van der Waals surface area contributed by atoms with Crippen LogP contribution in [0.5, 0.6) is 5.75 Å². The number of fused-ring (bicyclic) bond motifs is 1. The van der Waals surface area contributed by atoms with Crippen LogP contribution in [0.3, 0.4) is 0 Å². The lowest BCUT2D eigenvalue weighted by Crippen LogP contribution is -2.31. The highest BCUT2D eigenvalue weighted by Crippen LogP contribution is 2.27. The number of amides is 1. The number of phenols is 1. The van der Waals surface area contributed by atoms with E-state index in [2.05, 4.69) is 15.4 Å². The third kappa shape index (κ3) is 3.80. The molecule has 3 aromatic rings. The predicted molar refractivity (Wildman–Crippen MR) is 110 cm³/mol. The summed E-state index contributed by atoms with van der Waals surface area (Å²) < 4.78 is 26.4. The van der Waals surface area contributed by atoms with Crippen molar-refractivity contribution in [2.45, 2.75) is 32.9 Å². The summed E-state index contributed by atoms with van der Waals surface area (Å²) in [5, 5.41) is 16.9. The lowest BCUT2D eigenvalue weighted by Gasteiger charge is -2.15. The van der Waals surface area contributed by atoms with E-state index in [1.165, 1.54) is 21.4 Å². The van der Waals surface area contributed by atoms with E-state index in [-0.39, 0.29) is 35.2 Å². The number of benzene rings is 1. The SMILES string of the molecule is Cc1cc(NC(=O)Cn2c(C)nc3ccc(O)cc3c2=O)n([C@@H]2CCS(=O)(=O)C2)n1. The highest BCUT2D eigenvalue weighted by molar-refractivity contribution is 7.91. The first kappa shape index (κ1) is 20.1. The topological polar surface area (TPSA) is 136 Å². The second-order valence-electron chi connectivity index (χ2n) is 7.47. The molecule has 1 amide bonds. The zero-order chi connectivity index (χ0) is 21.6. The van der Waals surface area contributed by atoms with E-state index in [0.717, 1.165) is 0 Å². The molecule has 3 heterocycles. The molecule has 1 aliphatic rings. The lowest BCUT2D eigenvalue weighted by atomic mass is 10.2. The molecule has 1 atom stereocenters. The molecule has 0 spiro atoms. The second kappa shape index (κ2) is 7.24. The molecular formula is C19H21N5O5S. The number of phenolic OH excluding ortho intramolecular Hbond substituents is 1. The van der Waals surface area contributed by atoms with Gasteiger partial charge in [0, 0.05) is 6.07 Å². The third-order valence-corrected chi connectivity index (χ3v) is 6.86. The average molecular weight is 431 g/mol. The minimum atomic E-state index is -3.11. The minimum Gasteiger partial charge on any atom is -0.508 e. The Morgan fingerprint density at radius 2 is 2.07 bits per heavy atom. The van der Waals surface area contributed by atoms with Crippen LogP contribution in [0, 0.1) is 13.8 Å². The molecule has 30 heavy (non-hydrogen) atoms. The number of hydrogen-bond donors (Lipinski definition) is 2. The van der Waals surface area contributed by atoms with Gasteiger partial charge in [-0.15, -0.1) is 0 Å². The van der Waals surface area contributed by atoms with E-state index in [1.54, 1.807) is 26.0 Å². The molecule has 2 N–H and O–H groups in total. The maximum atomic E-state index is 12.8. The van der Waals surface area contributed by atoms with Crippen LogP contribution in [0.1, 0.15) is 24.0 Å². The van der Waals surface area contributed by atoms with Crippen LogP contribution in [0.15, 0.2) is 29.1 Å². The Labute approximate surface area is 172 Å². The van der Waals surface area contributed by atoms with Gasteiger partial charge in [0.15, 0.2) is 9.84 Å².